The van der Waals surface area contributed by atoms with Crippen molar-refractivity contribution in [3.05, 3.63) is 18.5 Å². The number of carbonyl (C=O) groups is 1. The molecule has 0 aromatic rings. The molecular weight excluding hydrogens is 224 g/mol. The van der Waals surface area contributed by atoms with E-state index in [1.165, 1.54) is 32.1 Å². The summed E-state index contributed by atoms with van der Waals surface area (Å²) in [4.78, 5) is 10.9. The molecule has 0 heterocycles. The van der Waals surface area contributed by atoms with E-state index in [4.69, 9.17) is 16.3 Å². The van der Waals surface area contributed by atoms with Gasteiger partial charge in [-0.3, -0.25) is 0 Å². The average molecular weight is 246 g/mol. The number of halogens is 1. The smallest absolute Gasteiger partial charge is 0.349 e. The van der Waals surface area contributed by atoms with Gasteiger partial charge < -0.3 is 4.74 Å². The average Bonchev–Trinajstić information content (AvgIpc) is 2.26. The molecule has 0 saturated carbocycles. The van der Waals surface area contributed by atoms with Gasteiger partial charge in [0.2, 0.25) is 0 Å². The Labute approximate surface area is 104 Å². The zero-order chi connectivity index (χ0) is 12.2. The van der Waals surface area contributed by atoms with E-state index in [1.807, 2.05) is 0 Å². The molecule has 0 rings (SSSR count). The number of rotatable bonds is 10. The van der Waals surface area contributed by atoms with Crippen LogP contribution < -0.4 is 0 Å². The molecule has 1 radical (unpaired) electrons. The van der Waals surface area contributed by atoms with Gasteiger partial charge in [0.05, 0.1) is 6.61 Å². The molecule has 0 fully saturated rings. The number of carbonyl (C=O) groups excluding carboxylic acids is 1. The maximum atomic E-state index is 10.9. The van der Waals surface area contributed by atoms with Gasteiger partial charge in [-0.2, -0.15) is 0 Å². The van der Waals surface area contributed by atoms with Gasteiger partial charge >= 0.3 is 5.97 Å². The topological polar surface area (TPSA) is 26.3 Å². The normalized spacial score (nSPS) is 10.1. The molecule has 0 unspecified atom stereocenters. The van der Waals surface area contributed by atoms with Crippen molar-refractivity contribution >= 4 is 17.6 Å². The van der Waals surface area contributed by atoms with Crippen molar-refractivity contribution in [3.63, 3.8) is 0 Å². The first kappa shape index (κ1) is 15.5. The van der Waals surface area contributed by atoms with Crippen molar-refractivity contribution in [1.29, 1.82) is 0 Å². The Morgan fingerprint density at radius 2 is 1.50 bits per heavy atom. The minimum absolute atomic E-state index is 0.0480. The van der Waals surface area contributed by atoms with E-state index >= 15 is 0 Å². The van der Waals surface area contributed by atoms with Crippen LogP contribution in [0.2, 0.25) is 0 Å². The minimum Gasteiger partial charge on any atom is -0.461 e. The zero-order valence-electron chi connectivity index (χ0n) is 9.97. The summed E-state index contributed by atoms with van der Waals surface area (Å²) < 4.78 is 4.87. The Balaban J connectivity index is 3.10. The molecule has 93 valence electrons. The summed E-state index contributed by atoms with van der Waals surface area (Å²) in [6.45, 7) is 7.55. The van der Waals surface area contributed by atoms with Crippen LogP contribution in [0.4, 0.5) is 0 Å². The lowest BCUT2D eigenvalue weighted by atomic mass is 10.1. The second kappa shape index (κ2) is 11.0. The van der Waals surface area contributed by atoms with Crippen molar-refractivity contribution in [1.82, 2.24) is 0 Å². The fourth-order valence-corrected chi connectivity index (χ4v) is 1.46. The fraction of sp³-hybridized carbons (Fsp3) is 0.692. The molecule has 0 aromatic carbocycles. The Bertz CT molecular complexity index is 202. The summed E-state index contributed by atoms with van der Waals surface area (Å²) in [5.41, 5.74) is 0. The highest BCUT2D eigenvalue weighted by molar-refractivity contribution is 6.40. The summed E-state index contributed by atoms with van der Waals surface area (Å²) in [5, 5.41) is -0.0480. The number of hydrogen-bond donors (Lipinski definition) is 0. The lowest BCUT2D eigenvalue weighted by Crippen LogP contribution is -2.04. The Morgan fingerprint density at radius 3 is 2.00 bits per heavy atom. The Kier molecular flexibility index (Phi) is 10.7. The van der Waals surface area contributed by atoms with Crippen molar-refractivity contribution in [2.75, 3.05) is 6.61 Å². The lowest BCUT2D eigenvalue weighted by molar-refractivity contribution is -0.138. The first-order valence-electron chi connectivity index (χ1n) is 5.99. The quantitative estimate of drug-likeness (QED) is 0.327. The zero-order valence-corrected chi connectivity index (χ0v) is 10.7. The van der Waals surface area contributed by atoms with Crippen LogP contribution in [-0.4, -0.2) is 12.6 Å². The van der Waals surface area contributed by atoms with Crippen LogP contribution >= 0.6 is 11.6 Å². The fourth-order valence-electron chi connectivity index (χ4n) is 1.41. The molecular formula is C13H22ClO2. The second-order valence-corrected chi connectivity index (χ2v) is 4.33. The molecule has 3 heteroatoms. The largest absolute Gasteiger partial charge is 0.461 e. The summed E-state index contributed by atoms with van der Waals surface area (Å²) in [7, 11) is 0. The van der Waals surface area contributed by atoms with Crippen molar-refractivity contribution in [2.24, 2.45) is 0 Å². The molecule has 0 aliphatic heterocycles. The monoisotopic (exact) mass is 245 g/mol. The van der Waals surface area contributed by atoms with Crippen LogP contribution in [0.1, 0.15) is 51.4 Å². The predicted molar refractivity (Wildman–Crippen MR) is 68.2 cm³/mol. The maximum Gasteiger partial charge on any atom is 0.349 e. The first-order chi connectivity index (χ1) is 7.68. The standard InChI is InChI=1S/C13H22ClO2/c1-3-4-5-6-7-8-9-10-11-16-13(15)12(2)14/h1-11H2. The van der Waals surface area contributed by atoms with Gasteiger partial charge in [-0.25, -0.2) is 4.79 Å². The summed E-state index contributed by atoms with van der Waals surface area (Å²) in [5.74, 6) is -0.503. The third kappa shape index (κ3) is 10.0. The molecule has 0 N–H and O–H groups in total. The van der Waals surface area contributed by atoms with E-state index in [0.29, 0.717) is 6.61 Å². The van der Waals surface area contributed by atoms with Crippen LogP contribution in [0.15, 0.2) is 11.6 Å². The van der Waals surface area contributed by atoms with Crippen LogP contribution in [0.25, 0.3) is 0 Å². The molecule has 2 nitrogen and oxygen atoms in total. The molecule has 0 atom stereocenters. The molecule has 16 heavy (non-hydrogen) atoms. The Hall–Kier alpha value is -0.500. The van der Waals surface area contributed by atoms with Crippen molar-refractivity contribution < 1.29 is 9.53 Å². The molecule has 0 bridgehead atoms. The molecule has 0 aromatic heterocycles. The van der Waals surface area contributed by atoms with Gasteiger partial charge in [-0.1, -0.05) is 70.0 Å². The third-order valence-corrected chi connectivity index (χ3v) is 2.50. The first-order valence-corrected chi connectivity index (χ1v) is 6.37. The number of unbranched alkanes of at least 4 members (excludes halogenated alkanes) is 7. The van der Waals surface area contributed by atoms with E-state index in [0.717, 1.165) is 19.3 Å². The molecule has 0 amide bonds. The van der Waals surface area contributed by atoms with E-state index in [9.17, 15) is 4.79 Å². The molecule has 0 saturated heterocycles. The SMILES string of the molecule is [CH2]CCCCCCCCCOC(=O)C(=C)Cl. The summed E-state index contributed by atoms with van der Waals surface area (Å²) in [6.07, 6.45) is 9.32. The van der Waals surface area contributed by atoms with E-state index < -0.39 is 5.97 Å². The highest BCUT2D eigenvalue weighted by Crippen LogP contribution is 2.08. The van der Waals surface area contributed by atoms with Gasteiger partial charge in [-0.15, -0.1) is 0 Å². The third-order valence-electron chi connectivity index (χ3n) is 2.35. The maximum absolute atomic E-state index is 10.9. The number of ether oxygens (including phenoxy) is 1. The van der Waals surface area contributed by atoms with Crippen LogP contribution in [0, 0.1) is 6.92 Å². The van der Waals surface area contributed by atoms with Crippen molar-refractivity contribution in [2.45, 2.75) is 51.4 Å². The second-order valence-electron chi connectivity index (χ2n) is 3.87. The van der Waals surface area contributed by atoms with Gasteiger partial charge in [-0.05, 0) is 6.42 Å². The van der Waals surface area contributed by atoms with Crippen LogP contribution in [0.5, 0.6) is 0 Å². The van der Waals surface area contributed by atoms with Gasteiger partial charge in [0.1, 0.15) is 5.03 Å². The highest BCUT2D eigenvalue weighted by Gasteiger charge is 2.03. The van der Waals surface area contributed by atoms with E-state index in [1.54, 1.807) is 0 Å². The number of hydrogen-bond acceptors (Lipinski definition) is 2. The predicted octanol–water partition coefficient (Wildman–Crippen LogP) is 4.24. The summed E-state index contributed by atoms with van der Waals surface area (Å²) in [6, 6.07) is 0. The summed E-state index contributed by atoms with van der Waals surface area (Å²) >= 11 is 5.37. The van der Waals surface area contributed by atoms with Crippen LogP contribution in [0.3, 0.4) is 0 Å². The molecule has 0 aliphatic carbocycles. The van der Waals surface area contributed by atoms with Crippen molar-refractivity contribution in [3.8, 4) is 0 Å². The van der Waals surface area contributed by atoms with E-state index in [-0.39, 0.29) is 5.03 Å². The minimum atomic E-state index is -0.503. The number of esters is 1. The van der Waals surface area contributed by atoms with E-state index in [2.05, 4.69) is 13.5 Å². The van der Waals surface area contributed by atoms with Gasteiger partial charge in [0.25, 0.3) is 0 Å². The molecule has 0 spiro atoms. The lowest BCUT2D eigenvalue weighted by Gasteiger charge is -2.03. The molecule has 0 aliphatic rings. The van der Waals surface area contributed by atoms with Gasteiger partial charge in [0, 0.05) is 0 Å². The Morgan fingerprint density at radius 1 is 1.00 bits per heavy atom. The van der Waals surface area contributed by atoms with Crippen LogP contribution in [-0.2, 0) is 9.53 Å². The highest BCUT2D eigenvalue weighted by atomic mass is 35.5. The van der Waals surface area contributed by atoms with Gasteiger partial charge in [0.15, 0.2) is 0 Å².